The van der Waals surface area contributed by atoms with Crippen molar-refractivity contribution < 1.29 is 8.42 Å². The molecule has 0 aliphatic rings. The van der Waals surface area contributed by atoms with Gasteiger partial charge in [0, 0.05) is 12.6 Å². The van der Waals surface area contributed by atoms with Crippen LogP contribution in [-0.4, -0.2) is 33.8 Å². The molecule has 1 rings (SSSR count). The Bertz CT molecular complexity index is 500. The van der Waals surface area contributed by atoms with Crippen LogP contribution in [0.25, 0.3) is 0 Å². The van der Waals surface area contributed by atoms with E-state index >= 15 is 0 Å². The fraction of sp³-hybridized carbons (Fsp3) is 0.600. The highest BCUT2D eigenvalue weighted by atomic mass is 32.2. The van der Waals surface area contributed by atoms with Crippen molar-refractivity contribution in [1.82, 2.24) is 10.0 Å². The molecule has 0 fully saturated rings. The average molecular weight is 298 g/mol. The van der Waals surface area contributed by atoms with Crippen LogP contribution in [0.1, 0.15) is 30.9 Å². The minimum atomic E-state index is -3.05. The molecule has 0 saturated heterocycles. The van der Waals surface area contributed by atoms with Gasteiger partial charge in [-0.2, -0.15) is 0 Å². The maximum atomic E-state index is 10.9. The quantitative estimate of drug-likeness (QED) is 0.684. The summed E-state index contributed by atoms with van der Waals surface area (Å²) in [4.78, 5) is 0. The van der Waals surface area contributed by atoms with Gasteiger partial charge in [-0.05, 0) is 45.2 Å². The van der Waals surface area contributed by atoms with Gasteiger partial charge in [0.15, 0.2) is 0 Å². The summed E-state index contributed by atoms with van der Waals surface area (Å²) in [5, 5.41) is 3.42. The van der Waals surface area contributed by atoms with Crippen LogP contribution in [0.15, 0.2) is 24.3 Å². The van der Waals surface area contributed by atoms with Crippen LogP contribution in [0.2, 0.25) is 0 Å². The SMILES string of the molecule is Cc1cccc(CCC(C)NCCCNS(C)(=O)=O)c1. The lowest BCUT2D eigenvalue weighted by molar-refractivity contribution is 0.504. The molecular weight excluding hydrogens is 272 g/mol. The summed E-state index contributed by atoms with van der Waals surface area (Å²) in [5.41, 5.74) is 2.67. The average Bonchev–Trinajstić information content (AvgIpc) is 2.35. The van der Waals surface area contributed by atoms with Crippen molar-refractivity contribution >= 4 is 10.0 Å². The summed E-state index contributed by atoms with van der Waals surface area (Å²) in [6.07, 6.45) is 4.15. The van der Waals surface area contributed by atoms with Crippen molar-refractivity contribution in [2.75, 3.05) is 19.3 Å². The number of aryl methyl sites for hydroxylation is 2. The number of nitrogens with one attached hydrogen (secondary N) is 2. The normalized spacial score (nSPS) is 13.3. The first kappa shape index (κ1) is 17.1. The van der Waals surface area contributed by atoms with Crippen LogP contribution in [-0.2, 0) is 16.4 Å². The maximum Gasteiger partial charge on any atom is 0.208 e. The van der Waals surface area contributed by atoms with E-state index < -0.39 is 10.0 Å². The van der Waals surface area contributed by atoms with Crippen LogP contribution < -0.4 is 10.0 Å². The van der Waals surface area contributed by atoms with E-state index in [-0.39, 0.29) is 0 Å². The van der Waals surface area contributed by atoms with Crippen LogP contribution in [0.4, 0.5) is 0 Å². The highest BCUT2D eigenvalue weighted by Crippen LogP contribution is 2.08. The summed E-state index contributed by atoms with van der Waals surface area (Å²) in [7, 11) is -3.05. The predicted octanol–water partition coefficient (Wildman–Crippen LogP) is 1.85. The third-order valence-electron chi connectivity index (χ3n) is 3.16. The first-order chi connectivity index (χ1) is 9.37. The maximum absolute atomic E-state index is 10.9. The van der Waals surface area contributed by atoms with Crippen molar-refractivity contribution in [3.63, 3.8) is 0 Å². The number of hydrogen-bond donors (Lipinski definition) is 2. The molecule has 0 bridgehead atoms. The molecule has 1 unspecified atom stereocenters. The number of hydrogen-bond acceptors (Lipinski definition) is 3. The molecule has 20 heavy (non-hydrogen) atoms. The van der Waals surface area contributed by atoms with Gasteiger partial charge in [0.1, 0.15) is 0 Å². The number of rotatable bonds is 9. The standard InChI is InChI=1S/C15H26N2O2S/c1-13-6-4-7-15(12-13)9-8-14(2)16-10-5-11-17-20(3,18)19/h4,6-7,12,14,16-17H,5,8-11H2,1-3H3. The van der Waals surface area contributed by atoms with Crippen LogP contribution >= 0.6 is 0 Å². The second-order valence-electron chi connectivity index (χ2n) is 5.40. The van der Waals surface area contributed by atoms with E-state index in [1.165, 1.54) is 17.4 Å². The first-order valence-electron chi connectivity index (χ1n) is 7.10. The summed E-state index contributed by atoms with van der Waals surface area (Å²) < 4.78 is 24.3. The Morgan fingerprint density at radius 3 is 2.65 bits per heavy atom. The summed E-state index contributed by atoms with van der Waals surface area (Å²) >= 11 is 0. The van der Waals surface area contributed by atoms with Gasteiger partial charge in [-0.15, -0.1) is 0 Å². The van der Waals surface area contributed by atoms with Gasteiger partial charge in [0.25, 0.3) is 0 Å². The highest BCUT2D eigenvalue weighted by Gasteiger charge is 2.03. The molecule has 1 aromatic carbocycles. The molecule has 0 aromatic heterocycles. The Morgan fingerprint density at radius 2 is 2.00 bits per heavy atom. The second-order valence-corrected chi connectivity index (χ2v) is 7.24. The predicted molar refractivity (Wildman–Crippen MR) is 84.4 cm³/mol. The molecule has 0 radical (unpaired) electrons. The zero-order valence-corrected chi connectivity index (χ0v) is 13.5. The van der Waals surface area contributed by atoms with Crippen LogP contribution in [0.3, 0.4) is 0 Å². The van der Waals surface area contributed by atoms with E-state index in [1.807, 2.05) is 0 Å². The molecule has 1 aromatic rings. The summed E-state index contributed by atoms with van der Waals surface area (Å²) in [6, 6.07) is 9.03. The zero-order chi connectivity index (χ0) is 15.0. The topological polar surface area (TPSA) is 58.2 Å². The van der Waals surface area contributed by atoms with Gasteiger partial charge in [-0.1, -0.05) is 29.8 Å². The van der Waals surface area contributed by atoms with Crippen LogP contribution in [0, 0.1) is 6.92 Å². The van der Waals surface area contributed by atoms with Crippen molar-refractivity contribution in [3.8, 4) is 0 Å². The molecule has 0 aliphatic carbocycles. The number of sulfonamides is 1. The van der Waals surface area contributed by atoms with Gasteiger partial charge in [-0.3, -0.25) is 0 Å². The highest BCUT2D eigenvalue weighted by molar-refractivity contribution is 7.88. The van der Waals surface area contributed by atoms with E-state index in [4.69, 9.17) is 0 Å². The summed E-state index contributed by atoms with van der Waals surface area (Å²) in [6.45, 7) is 5.60. The lowest BCUT2D eigenvalue weighted by Gasteiger charge is -2.14. The molecule has 4 nitrogen and oxygen atoms in total. The van der Waals surface area contributed by atoms with Gasteiger partial charge in [0.05, 0.1) is 6.26 Å². The van der Waals surface area contributed by atoms with Crippen LogP contribution in [0.5, 0.6) is 0 Å². The first-order valence-corrected chi connectivity index (χ1v) is 8.99. The Morgan fingerprint density at radius 1 is 1.25 bits per heavy atom. The van der Waals surface area contributed by atoms with Crippen molar-refractivity contribution in [1.29, 1.82) is 0 Å². The molecule has 2 N–H and O–H groups in total. The molecule has 0 amide bonds. The molecule has 0 aliphatic heterocycles. The molecule has 114 valence electrons. The van der Waals surface area contributed by atoms with Gasteiger partial charge < -0.3 is 5.32 Å². The minimum absolute atomic E-state index is 0.439. The van der Waals surface area contributed by atoms with Crippen molar-refractivity contribution in [2.45, 2.75) is 39.2 Å². The monoisotopic (exact) mass is 298 g/mol. The fourth-order valence-electron chi connectivity index (χ4n) is 2.05. The Labute approximate surface area is 123 Å². The molecule has 0 spiro atoms. The Hall–Kier alpha value is -0.910. The number of benzene rings is 1. The van der Waals surface area contributed by atoms with E-state index in [2.05, 4.69) is 48.2 Å². The Kier molecular flexibility index (Phi) is 7.19. The van der Waals surface area contributed by atoms with Crippen molar-refractivity contribution in [3.05, 3.63) is 35.4 Å². The van der Waals surface area contributed by atoms with Gasteiger partial charge in [-0.25, -0.2) is 13.1 Å². The van der Waals surface area contributed by atoms with E-state index in [0.717, 1.165) is 25.8 Å². The third-order valence-corrected chi connectivity index (χ3v) is 3.89. The van der Waals surface area contributed by atoms with E-state index in [0.29, 0.717) is 12.6 Å². The fourth-order valence-corrected chi connectivity index (χ4v) is 2.56. The third kappa shape index (κ3) is 8.30. The van der Waals surface area contributed by atoms with E-state index in [9.17, 15) is 8.42 Å². The Balaban J connectivity index is 2.13. The summed E-state index contributed by atoms with van der Waals surface area (Å²) in [5.74, 6) is 0. The molecule has 5 heteroatoms. The molecule has 1 atom stereocenters. The second kappa shape index (κ2) is 8.39. The van der Waals surface area contributed by atoms with Gasteiger partial charge in [0.2, 0.25) is 10.0 Å². The van der Waals surface area contributed by atoms with Gasteiger partial charge >= 0.3 is 0 Å². The lowest BCUT2D eigenvalue weighted by Crippen LogP contribution is -2.31. The molecule has 0 heterocycles. The van der Waals surface area contributed by atoms with Crippen molar-refractivity contribution in [2.24, 2.45) is 0 Å². The smallest absolute Gasteiger partial charge is 0.208 e. The lowest BCUT2D eigenvalue weighted by atomic mass is 10.0. The van der Waals surface area contributed by atoms with E-state index in [1.54, 1.807) is 0 Å². The largest absolute Gasteiger partial charge is 0.314 e. The zero-order valence-electron chi connectivity index (χ0n) is 12.6. The minimum Gasteiger partial charge on any atom is -0.314 e. The molecule has 0 saturated carbocycles. The molecular formula is C15H26N2O2S.